The molecule has 0 aliphatic carbocycles. The van der Waals surface area contributed by atoms with Crippen molar-refractivity contribution in [3.63, 3.8) is 0 Å². The van der Waals surface area contributed by atoms with Gasteiger partial charge in [0.05, 0.1) is 14.2 Å². The maximum atomic E-state index is 5.30. The van der Waals surface area contributed by atoms with Crippen LogP contribution in [0.15, 0.2) is 18.2 Å². The van der Waals surface area contributed by atoms with Gasteiger partial charge >= 0.3 is 0 Å². The molecular weight excluding hydrogens is 200 g/mol. The fourth-order valence-corrected chi connectivity index (χ4v) is 1.49. The first-order valence-corrected chi connectivity index (χ1v) is 5.48. The second-order valence-electron chi connectivity index (χ2n) is 3.38. The molecule has 0 N–H and O–H groups in total. The molecule has 0 fully saturated rings. The van der Waals surface area contributed by atoms with Crippen molar-refractivity contribution in [1.29, 1.82) is 0 Å². The molecule has 1 aromatic carbocycles. The van der Waals surface area contributed by atoms with E-state index < -0.39 is 0 Å². The van der Waals surface area contributed by atoms with E-state index in [0.717, 1.165) is 36.3 Å². The molecule has 0 spiro atoms. The summed E-state index contributed by atoms with van der Waals surface area (Å²) in [5, 5.41) is 0. The lowest BCUT2D eigenvalue weighted by Gasteiger charge is -2.08. The summed E-state index contributed by atoms with van der Waals surface area (Å²) < 4.78 is 10.5. The number of methoxy groups -OCH3 is 2. The molecule has 0 unspecified atom stereocenters. The van der Waals surface area contributed by atoms with E-state index in [9.17, 15) is 0 Å². The Kier molecular flexibility index (Phi) is 5.28. The molecule has 0 saturated carbocycles. The predicted octanol–water partition coefficient (Wildman–Crippen LogP) is 3.05. The van der Waals surface area contributed by atoms with E-state index in [1.807, 2.05) is 18.2 Å². The number of rotatable bonds is 4. The molecule has 0 saturated heterocycles. The van der Waals surface area contributed by atoms with Crippen molar-refractivity contribution in [2.75, 3.05) is 14.2 Å². The highest BCUT2D eigenvalue weighted by Crippen LogP contribution is 2.24. The molecule has 2 heteroatoms. The molecule has 0 heterocycles. The Bertz CT molecular complexity index is 385. The smallest absolute Gasteiger partial charge is 0.122 e. The van der Waals surface area contributed by atoms with E-state index in [0.29, 0.717) is 0 Å². The third-order valence-electron chi connectivity index (χ3n) is 2.31. The van der Waals surface area contributed by atoms with Crippen LogP contribution in [0.5, 0.6) is 11.5 Å². The van der Waals surface area contributed by atoms with Crippen molar-refractivity contribution in [2.24, 2.45) is 0 Å². The Morgan fingerprint density at radius 3 is 2.56 bits per heavy atom. The zero-order valence-electron chi connectivity index (χ0n) is 10.2. The fourth-order valence-electron chi connectivity index (χ4n) is 1.49. The van der Waals surface area contributed by atoms with Crippen LogP contribution in [0.3, 0.4) is 0 Å². The molecule has 1 aromatic rings. The van der Waals surface area contributed by atoms with Gasteiger partial charge in [-0.2, -0.15) is 0 Å². The fraction of sp³-hybridized carbons (Fsp3) is 0.429. The van der Waals surface area contributed by atoms with Crippen LogP contribution in [-0.2, 0) is 6.42 Å². The maximum absolute atomic E-state index is 5.30. The summed E-state index contributed by atoms with van der Waals surface area (Å²) in [6, 6.07) is 5.84. The number of benzene rings is 1. The third-order valence-corrected chi connectivity index (χ3v) is 2.31. The average Bonchev–Trinajstić information content (AvgIpc) is 2.34. The SMILES string of the molecule is CCC#CCCc1cc(OC)ccc1OC. The lowest BCUT2D eigenvalue weighted by Crippen LogP contribution is -1.93. The summed E-state index contributed by atoms with van der Waals surface area (Å²) in [6.45, 7) is 2.05. The molecule has 0 aliphatic heterocycles. The van der Waals surface area contributed by atoms with Crippen molar-refractivity contribution in [1.82, 2.24) is 0 Å². The van der Waals surface area contributed by atoms with Gasteiger partial charge in [-0.05, 0) is 30.2 Å². The summed E-state index contributed by atoms with van der Waals surface area (Å²) in [6.07, 6.45) is 2.67. The van der Waals surface area contributed by atoms with Crippen molar-refractivity contribution < 1.29 is 9.47 Å². The van der Waals surface area contributed by atoms with Gasteiger partial charge in [-0.25, -0.2) is 0 Å². The highest BCUT2D eigenvalue weighted by Gasteiger charge is 2.03. The zero-order chi connectivity index (χ0) is 11.8. The topological polar surface area (TPSA) is 18.5 Å². The largest absolute Gasteiger partial charge is 0.497 e. The Balaban J connectivity index is 2.75. The van der Waals surface area contributed by atoms with Gasteiger partial charge in [0.2, 0.25) is 0 Å². The van der Waals surface area contributed by atoms with E-state index in [4.69, 9.17) is 9.47 Å². The first kappa shape index (κ1) is 12.4. The molecule has 16 heavy (non-hydrogen) atoms. The summed E-state index contributed by atoms with van der Waals surface area (Å²) in [4.78, 5) is 0. The number of hydrogen-bond donors (Lipinski definition) is 0. The minimum absolute atomic E-state index is 0.858. The highest BCUT2D eigenvalue weighted by atomic mass is 16.5. The second kappa shape index (κ2) is 6.79. The van der Waals surface area contributed by atoms with Gasteiger partial charge in [-0.3, -0.25) is 0 Å². The van der Waals surface area contributed by atoms with E-state index in [1.54, 1.807) is 14.2 Å². The standard InChI is InChI=1S/C14H18O2/c1-4-5-6-7-8-12-11-13(15-2)9-10-14(12)16-3/h9-11H,4,7-8H2,1-3H3. The molecule has 0 aromatic heterocycles. The summed E-state index contributed by atoms with van der Waals surface area (Å²) in [5.74, 6) is 7.95. The number of aryl methyl sites for hydroxylation is 1. The van der Waals surface area contributed by atoms with E-state index >= 15 is 0 Å². The predicted molar refractivity (Wildman–Crippen MR) is 65.9 cm³/mol. The molecule has 0 aliphatic rings. The molecule has 1 rings (SSSR count). The molecular formula is C14H18O2. The quantitative estimate of drug-likeness (QED) is 0.723. The molecule has 2 nitrogen and oxygen atoms in total. The van der Waals surface area contributed by atoms with E-state index in [-0.39, 0.29) is 0 Å². The van der Waals surface area contributed by atoms with Gasteiger partial charge in [-0.1, -0.05) is 6.92 Å². The minimum Gasteiger partial charge on any atom is -0.497 e. The van der Waals surface area contributed by atoms with Crippen LogP contribution in [0.4, 0.5) is 0 Å². The Morgan fingerprint density at radius 1 is 1.12 bits per heavy atom. The van der Waals surface area contributed by atoms with Gasteiger partial charge in [0.25, 0.3) is 0 Å². The molecule has 0 radical (unpaired) electrons. The lowest BCUT2D eigenvalue weighted by molar-refractivity contribution is 0.399. The highest BCUT2D eigenvalue weighted by molar-refractivity contribution is 5.40. The van der Waals surface area contributed by atoms with Gasteiger partial charge in [0, 0.05) is 12.8 Å². The van der Waals surface area contributed by atoms with Crippen LogP contribution in [0.1, 0.15) is 25.3 Å². The van der Waals surface area contributed by atoms with Crippen molar-refractivity contribution in [3.05, 3.63) is 23.8 Å². The van der Waals surface area contributed by atoms with Crippen molar-refractivity contribution >= 4 is 0 Å². The molecule has 0 atom stereocenters. The van der Waals surface area contributed by atoms with Crippen LogP contribution in [0, 0.1) is 11.8 Å². The van der Waals surface area contributed by atoms with Crippen molar-refractivity contribution in [3.8, 4) is 23.3 Å². The Hall–Kier alpha value is -1.62. The normalized spacial score (nSPS) is 9.19. The summed E-state index contributed by atoms with van der Waals surface area (Å²) in [5.41, 5.74) is 1.15. The van der Waals surface area contributed by atoms with Crippen LogP contribution < -0.4 is 9.47 Å². The molecule has 86 valence electrons. The van der Waals surface area contributed by atoms with Crippen LogP contribution >= 0.6 is 0 Å². The summed E-state index contributed by atoms with van der Waals surface area (Å²) in [7, 11) is 3.35. The van der Waals surface area contributed by atoms with Gasteiger partial charge < -0.3 is 9.47 Å². The molecule has 0 amide bonds. The lowest BCUT2D eigenvalue weighted by atomic mass is 10.1. The Morgan fingerprint density at radius 2 is 1.94 bits per heavy atom. The zero-order valence-corrected chi connectivity index (χ0v) is 10.2. The van der Waals surface area contributed by atoms with Gasteiger partial charge in [-0.15, -0.1) is 11.8 Å². The Labute approximate surface area is 97.6 Å². The maximum Gasteiger partial charge on any atom is 0.122 e. The van der Waals surface area contributed by atoms with E-state index in [1.165, 1.54) is 0 Å². The van der Waals surface area contributed by atoms with Crippen LogP contribution in [-0.4, -0.2) is 14.2 Å². The second-order valence-corrected chi connectivity index (χ2v) is 3.38. The third kappa shape index (κ3) is 3.51. The van der Waals surface area contributed by atoms with Gasteiger partial charge in [0.15, 0.2) is 0 Å². The summed E-state index contributed by atoms with van der Waals surface area (Å²) >= 11 is 0. The average molecular weight is 218 g/mol. The van der Waals surface area contributed by atoms with Gasteiger partial charge in [0.1, 0.15) is 11.5 Å². The monoisotopic (exact) mass is 218 g/mol. The van der Waals surface area contributed by atoms with Crippen LogP contribution in [0.2, 0.25) is 0 Å². The van der Waals surface area contributed by atoms with E-state index in [2.05, 4.69) is 18.8 Å². The molecule has 0 bridgehead atoms. The number of ether oxygens (including phenoxy) is 2. The van der Waals surface area contributed by atoms with Crippen LogP contribution in [0.25, 0.3) is 0 Å². The minimum atomic E-state index is 0.858. The van der Waals surface area contributed by atoms with Crippen molar-refractivity contribution in [2.45, 2.75) is 26.2 Å². The number of hydrogen-bond acceptors (Lipinski definition) is 2. The first-order valence-electron chi connectivity index (χ1n) is 5.48. The first-order chi connectivity index (χ1) is 7.81.